The highest BCUT2D eigenvalue weighted by Gasteiger charge is 2.36. The first-order valence-electron chi connectivity index (χ1n) is 22.1. The molecule has 302 valence electrons. The summed E-state index contributed by atoms with van der Waals surface area (Å²) in [5, 5.41) is 7.09. The van der Waals surface area contributed by atoms with E-state index in [0.717, 1.165) is 44.4 Å². The van der Waals surface area contributed by atoms with Crippen LogP contribution in [0.3, 0.4) is 0 Å². The molecule has 10 aromatic carbocycles. The molecule has 0 spiro atoms. The van der Waals surface area contributed by atoms with Gasteiger partial charge in [0.05, 0.1) is 11.1 Å². The van der Waals surface area contributed by atoms with Gasteiger partial charge in [-0.15, -0.1) is 11.3 Å². The molecule has 2 nitrogen and oxygen atoms in total. The lowest BCUT2D eigenvalue weighted by Gasteiger charge is -2.29. The summed E-state index contributed by atoms with van der Waals surface area (Å²) in [7, 11) is 0. The van der Waals surface area contributed by atoms with Gasteiger partial charge in [-0.2, -0.15) is 0 Å². The lowest BCUT2D eigenvalue weighted by atomic mass is 9.82. The van der Waals surface area contributed by atoms with Crippen LogP contribution < -0.4 is 4.90 Å². The molecule has 1 aliphatic rings. The molecule has 0 bridgehead atoms. The smallest absolute Gasteiger partial charge is 0.143 e. The van der Waals surface area contributed by atoms with Crippen LogP contribution in [0.4, 0.5) is 17.1 Å². The summed E-state index contributed by atoms with van der Waals surface area (Å²) in [5.74, 6) is 0. The first-order chi connectivity index (χ1) is 31.5. The molecule has 0 saturated carbocycles. The number of anilines is 3. The molecule has 2 aromatic heterocycles. The van der Waals surface area contributed by atoms with E-state index < -0.39 is 0 Å². The highest BCUT2D eigenvalue weighted by molar-refractivity contribution is 7.25. The number of rotatable bonds is 6. The van der Waals surface area contributed by atoms with Crippen LogP contribution in [0, 0.1) is 0 Å². The molecule has 0 radical (unpaired) electrons. The van der Waals surface area contributed by atoms with Crippen molar-refractivity contribution in [3.63, 3.8) is 0 Å². The molecule has 0 saturated heterocycles. The third-order valence-corrected chi connectivity index (χ3v) is 14.8. The van der Waals surface area contributed by atoms with Crippen LogP contribution in [0.5, 0.6) is 0 Å². The highest BCUT2D eigenvalue weighted by atomic mass is 32.1. The van der Waals surface area contributed by atoms with Gasteiger partial charge in [0.25, 0.3) is 0 Å². The van der Waals surface area contributed by atoms with E-state index in [4.69, 9.17) is 4.42 Å². The zero-order valence-corrected chi connectivity index (χ0v) is 36.3. The maximum atomic E-state index is 6.97. The fraction of sp³-hybridized carbons (Fsp3) is 0.0492. The van der Waals surface area contributed by atoms with E-state index in [9.17, 15) is 0 Å². The minimum Gasteiger partial charge on any atom is -0.455 e. The summed E-state index contributed by atoms with van der Waals surface area (Å²) in [6, 6.07) is 77.9. The van der Waals surface area contributed by atoms with Crippen molar-refractivity contribution in [2.75, 3.05) is 4.90 Å². The normalized spacial score (nSPS) is 13.0. The SMILES string of the molecule is CC1(C)c2ccccc2-c2ccc(N(c3cccc(-c4ccccc4)c3)c3cccc4oc5c6ccccc6c(-c6ccc(-c7ccc8sc9ccccc9c8c7)cc6)cc5c34)cc21. The van der Waals surface area contributed by atoms with Crippen molar-refractivity contribution in [3.05, 3.63) is 223 Å². The Kier molecular flexibility index (Phi) is 8.16. The van der Waals surface area contributed by atoms with Crippen molar-refractivity contribution >= 4 is 81.3 Å². The van der Waals surface area contributed by atoms with Gasteiger partial charge in [-0.3, -0.25) is 0 Å². The molecule has 64 heavy (non-hydrogen) atoms. The largest absolute Gasteiger partial charge is 0.455 e. The molecule has 0 unspecified atom stereocenters. The van der Waals surface area contributed by atoms with E-state index in [1.807, 2.05) is 11.3 Å². The zero-order chi connectivity index (χ0) is 42.5. The molecule has 0 amide bonds. The molecular formula is C61H41NOS. The van der Waals surface area contributed by atoms with Gasteiger partial charge < -0.3 is 9.32 Å². The maximum absolute atomic E-state index is 6.97. The standard InChI is InChI=1S/C61H41NOS/c1-61(2)53-22-10-8-19-46(53)47-32-31-44(36-54(47)61)62(43-17-12-16-41(34-43)38-14-4-3-5-15-38)55-23-13-24-56-59(55)52-37-50(45-18-6-7-21-49(45)60(52)63-56)40-28-26-39(27-29-40)42-30-33-58-51(35-42)48-20-9-11-25-57(48)64-58/h3-37H,1-2H3. The van der Waals surface area contributed by atoms with E-state index in [1.54, 1.807) is 0 Å². The number of thiophene rings is 1. The topological polar surface area (TPSA) is 16.4 Å². The highest BCUT2D eigenvalue weighted by Crippen LogP contribution is 2.52. The summed E-state index contributed by atoms with van der Waals surface area (Å²) in [6.07, 6.45) is 0. The summed E-state index contributed by atoms with van der Waals surface area (Å²) >= 11 is 1.86. The summed E-state index contributed by atoms with van der Waals surface area (Å²) in [5.41, 5.74) is 17.3. The Morgan fingerprint density at radius 2 is 1.03 bits per heavy atom. The summed E-state index contributed by atoms with van der Waals surface area (Å²) < 4.78 is 9.62. The van der Waals surface area contributed by atoms with Crippen LogP contribution in [-0.2, 0) is 5.41 Å². The first kappa shape index (κ1) is 36.9. The quantitative estimate of drug-likeness (QED) is 0.166. The van der Waals surface area contributed by atoms with Crippen molar-refractivity contribution in [3.8, 4) is 44.5 Å². The van der Waals surface area contributed by atoms with E-state index in [1.165, 1.54) is 81.2 Å². The molecule has 2 heterocycles. The first-order valence-corrected chi connectivity index (χ1v) is 22.9. The minimum atomic E-state index is -0.151. The van der Waals surface area contributed by atoms with Gasteiger partial charge in [0.2, 0.25) is 0 Å². The second kappa shape index (κ2) is 14.2. The summed E-state index contributed by atoms with van der Waals surface area (Å²) in [4.78, 5) is 2.44. The predicted molar refractivity (Wildman–Crippen MR) is 273 cm³/mol. The monoisotopic (exact) mass is 835 g/mol. The molecule has 0 N–H and O–H groups in total. The molecule has 0 fully saturated rings. The Morgan fingerprint density at radius 1 is 0.391 bits per heavy atom. The Morgan fingerprint density at radius 3 is 1.91 bits per heavy atom. The molecule has 13 rings (SSSR count). The Labute approximate surface area is 375 Å². The average molecular weight is 836 g/mol. The number of hydrogen-bond acceptors (Lipinski definition) is 3. The third kappa shape index (κ3) is 5.64. The number of furan rings is 1. The van der Waals surface area contributed by atoms with Gasteiger partial charge in [0.1, 0.15) is 11.2 Å². The van der Waals surface area contributed by atoms with E-state index in [0.29, 0.717) is 0 Å². The second-order valence-corrected chi connectivity index (χ2v) is 18.7. The van der Waals surface area contributed by atoms with Gasteiger partial charge in [-0.25, -0.2) is 0 Å². The number of hydrogen-bond donors (Lipinski definition) is 0. The fourth-order valence-corrected chi connectivity index (χ4v) is 11.6. The zero-order valence-electron chi connectivity index (χ0n) is 35.5. The van der Waals surface area contributed by atoms with Crippen molar-refractivity contribution in [2.24, 2.45) is 0 Å². The summed E-state index contributed by atoms with van der Waals surface area (Å²) in [6.45, 7) is 4.71. The molecule has 1 aliphatic carbocycles. The Balaban J connectivity index is 1.00. The number of fused-ring (bicyclic) bond motifs is 11. The Hall–Kier alpha value is -7.72. The van der Waals surface area contributed by atoms with Crippen molar-refractivity contribution < 1.29 is 4.42 Å². The molecule has 0 atom stereocenters. The van der Waals surface area contributed by atoms with Crippen LogP contribution >= 0.6 is 11.3 Å². The van der Waals surface area contributed by atoms with Gasteiger partial charge in [0.15, 0.2) is 0 Å². The molecular weight excluding hydrogens is 795 g/mol. The second-order valence-electron chi connectivity index (χ2n) is 17.6. The van der Waals surface area contributed by atoms with Crippen LogP contribution in [0.25, 0.3) is 97.4 Å². The van der Waals surface area contributed by atoms with Crippen LogP contribution in [0.1, 0.15) is 25.0 Å². The number of nitrogens with zero attached hydrogens (tertiary/aromatic N) is 1. The molecule has 12 aromatic rings. The fourth-order valence-electron chi connectivity index (χ4n) is 10.5. The van der Waals surface area contributed by atoms with Gasteiger partial charge in [-0.1, -0.05) is 166 Å². The maximum Gasteiger partial charge on any atom is 0.143 e. The number of benzene rings is 10. The van der Waals surface area contributed by atoms with Gasteiger partial charge in [-0.05, 0) is 122 Å². The lowest BCUT2D eigenvalue weighted by molar-refractivity contribution is 0.660. The minimum absolute atomic E-state index is 0.151. The Bertz CT molecular complexity index is 3820. The third-order valence-electron chi connectivity index (χ3n) is 13.7. The van der Waals surface area contributed by atoms with Crippen molar-refractivity contribution in [1.29, 1.82) is 0 Å². The van der Waals surface area contributed by atoms with E-state index in [2.05, 4.69) is 231 Å². The van der Waals surface area contributed by atoms with E-state index in [-0.39, 0.29) is 5.41 Å². The molecule has 0 aliphatic heterocycles. The molecule has 3 heteroatoms. The van der Waals surface area contributed by atoms with E-state index >= 15 is 0 Å². The average Bonchev–Trinajstić information content (AvgIpc) is 3.99. The van der Waals surface area contributed by atoms with Crippen molar-refractivity contribution in [1.82, 2.24) is 0 Å². The lowest BCUT2D eigenvalue weighted by Crippen LogP contribution is -2.16. The van der Waals surface area contributed by atoms with Gasteiger partial charge >= 0.3 is 0 Å². The van der Waals surface area contributed by atoms with Crippen LogP contribution in [0.15, 0.2) is 217 Å². The van der Waals surface area contributed by atoms with Crippen LogP contribution in [-0.4, -0.2) is 0 Å². The predicted octanol–water partition coefficient (Wildman–Crippen LogP) is 17.9. The van der Waals surface area contributed by atoms with Crippen LogP contribution in [0.2, 0.25) is 0 Å². The van der Waals surface area contributed by atoms with Gasteiger partial charge in [0, 0.05) is 47.7 Å². The van der Waals surface area contributed by atoms with Crippen molar-refractivity contribution in [2.45, 2.75) is 19.3 Å².